The van der Waals surface area contributed by atoms with E-state index < -0.39 is 5.97 Å². The molecule has 0 spiro atoms. The highest BCUT2D eigenvalue weighted by Crippen LogP contribution is 2.19. The van der Waals surface area contributed by atoms with Gasteiger partial charge < -0.3 is 9.64 Å². The molecule has 5 heteroatoms. The second-order valence-electron chi connectivity index (χ2n) is 6.35. The van der Waals surface area contributed by atoms with Crippen molar-refractivity contribution in [2.24, 2.45) is 0 Å². The molecule has 4 nitrogen and oxygen atoms in total. The van der Waals surface area contributed by atoms with Gasteiger partial charge in [-0.2, -0.15) is 0 Å². The minimum Gasteiger partial charge on any atom is -0.455 e. The highest BCUT2D eigenvalue weighted by molar-refractivity contribution is 6.30. The zero-order valence-electron chi connectivity index (χ0n) is 15.0. The van der Waals surface area contributed by atoms with Crippen LogP contribution in [-0.4, -0.2) is 30.4 Å². The van der Waals surface area contributed by atoms with Gasteiger partial charge in [0.05, 0.1) is 6.42 Å². The van der Waals surface area contributed by atoms with Crippen molar-refractivity contribution in [2.75, 3.05) is 13.7 Å². The van der Waals surface area contributed by atoms with E-state index in [9.17, 15) is 9.59 Å². The molecule has 3 rings (SSSR count). The molecule has 1 amide bonds. The Hall–Kier alpha value is -2.85. The number of benzene rings is 3. The Bertz CT molecular complexity index is 948. The predicted octanol–water partition coefficient (Wildman–Crippen LogP) is 4.24. The Kier molecular flexibility index (Phi) is 6.09. The van der Waals surface area contributed by atoms with Gasteiger partial charge in [-0.3, -0.25) is 9.59 Å². The monoisotopic (exact) mass is 381 g/mol. The fourth-order valence-electron chi connectivity index (χ4n) is 2.86. The van der Waals surface area contributed by atoms with Crippen molar-refractivity contribution < 1.29 is 14.3 Å². The number of halogens is 1. The van der Waals surface area contributed by atoms with E-state index in [4.69, 9.17) is 16.3 Å². The number of carbonyl (C=O) groups is 2. The molecule has 0 atom stereocenters. The quantitative estimate of drug-likeness (QED) is 0.600. The van der Waals surface area contributed by atoms with E-state index in [1.54, 1.807) is 19.2 Å². The smallest absolute Gasteiger partial charge is 0.310 e. The minimum atomic E-state index is -0.417. The molecule has 0 saturated carbocycles. The first-order valence-electron chi connectivity index (χ1n) is 8.63. The summed E-state index contributed by atoms with van der Waals surface area (Å²) in [6.07, 6.45) is 0.134. The van der Waals surface area contributed by atoms with Crippen LogP contribution < -0.4 is 0 Å². The first-order valence-corrected chi connectivity index (χ1v) is 9.01. The highest BCUT2D eigenvalue weighted by Gasteiger charge is 2.14. The third-order valence-electron chi connectivity index (χ3n) is 4.33. The average molecular weight is 382 g/mol. The lowest BCUT2D eigenvalue weighted by Gasteiger charge is -2.17. The van der Waals surface area contributed by atoms with Crippen LogP contribution in [0, 0.1) is 0 Å². The number of fused-ring (bicyclic) bond motifs is 1. The Balaban J connectivity index is 1.53. The lowest BCUT2D eigenvalue weighted by Crippen LogP contribution is -2.31. The lowest BCUT2D eigenvalue weighted by molar-refractivity contribution is -0.151. The average Bonchev–Trinajstić information content (AvgIpc) is 2.68. The van der Waals surface area contributed by atoms with Crippen molar-refractivity contribution in [3.63, 3.8) is 0 Å². The molecule has 0 heterocycles. The third-order valence-corrected chi connectivity index (χ3v) is 4.58. The van der Waals surface area contributed by atoms with Crippen molar-refractivity contribution in [3.8, 4) is 0 Å². The minimum absolute atomic E-state index is 0.134. The number of esters is 1. The van der Waals surface area contributed by atoms with Crippen LogP contribution in [0.4, 0.5) is 0 Å². The zero-order chi connectivity index (χ0) is 19.2. The molecule has 0 N–H and O–H groups in total. The molecule has 3 aromatic rings. The van der Waals surface area contributed by atoms with Gasteiger partial charge in [0, 0.05) is 18.6 Å². The second-order valence-corrected chi connectivity index (χ2v) is 6.79. The fourth-order valence-corrected chi connectivity index (χ4v) is 2.98. The SMILES string of the molecule is CN(Cc1ccc(Cl)cc1)C(=O)COC(=O)Cc1cccc2ccccc12. The summed E-state index contributed by atoms with van der Waals surface area (Å²) in [5.74, 6) is -0.671. The van der Waals surface area contributed by atoms with E-state index in [1.807, 2.05) is 54.6 Å². The van der Waals surface area contributed by atoms with Crippen LogP contribution in [0.1, 0.15) is 11.1 Å². The van der Waals surface area contributed by atoms with Gasteiger partial charge in [-0.1, -0.05) is 66.2 Å². The summed E-state index contributed by atoms with van der Waals surface area (Å²) in [5.41, 5.74) is 1.84. The Labute approximate surface area is 163 Å². The molecule has 0 aliphatic carbocycles. The van der Waals surface area contributed by atoms with Crippen LogP contribution in [0.5, 0.6) is 0 Å². The molecule has 0 radical (unpaired) electrons. The van der Waals surface area contributed by atoms with Crippen molar-refractivity contribution in [2.45, 2.75) is 13.0 Å². The van der Waals surface area contributed by atoms with Gasteiger partial charge in [-0.25, -0.2) is 0 Å². The standard InChI is InChI=1S/C22H20ClNO3/c1-24(14-16-9-11-19(23)12-10-16)21(25)15-27-22(26)13-18-7-4-6-17-5-2-3-8-20(17)18/h2-12H,13-15H2,1H3. The number of hydrogen-bond donors (Lipinski definition) is 0. The number of rotatable bonds is 6. The molecular weight excluding hydrogens is 362 g/mol. The number of hydrogen-bond acceptors (Lipinski definition) is 3. The molecule has 0 bridgehead atoms. The topological polar surface area (TPSA) is 46.6 Å². The van der Waals surface area contributed by atoms with Gasteiger partial charge in [0.1, 0.15) is 0 Å². The second kappa shape index (κ2) is 8.69. The van der Waals surface area contributed by atoms with Gasteiger partial charge in [-0.15, -0.1) is 0 Å². The van der Waals surface area contributed by atoms with E-state index in [1.165, 1.54) is 4.90 Å². The maximum Gasteiger partial charge on any atom is 0.310 e. The van der Waals surface area contributed by atoms with E-state index in [2.05, 4.69) is 0 Å². The zero-order valence-corrected chi connectivity index (χ0v) is 15.8. The van der Waals surface area contributed by atoms with Crippen LogP contribution in [0.15, 0.2) is 66.7 Å². The van der Waals surface area contributed by atoms with E-state index >= 15 is 0 Å². The van der Waals surface area contributed by atoms with Crippen LogP contribution in [0.25, 0.3) is 10.8 Å². The van der Waals surface area contributed by atoms with E-state index in [0.29, 0.717) is 11.6 Å². The molecule has 0 saturated heterocycles. The first kappa shape index (κ1) is 18.9. The highest BCUT2D eigenvalue weighted by atomic mass is 35.5. The van der Waals surface area contributed by atoms with E-state index in [0.717, 1.165) is 21.9 Å². The molecule has 3 aromatic carbocycles. The summed E-state index contributed by atoms with van der Waals surface area (Å²) in [6.45, 7) is 0.157. The number of ether oxygens (including phenoxy) is 1. The largest absolute Gasteiger partial charge is 0.455 e. The maximum atomic E-state index is 12.2. The molecule has 0 aliphatic heterocycles. The number of amides is 1. The maximum absolute atomic E-state index is 12.2. The molecule has 0 aromatic heterocycles. The third kappa shape index (κ3) is 5.08. The lowest BCUT2D eigenvalue weighted by atomic mass is 10.0. The van der Waals surface area contributed by atoms with Crippen molar-refractivity contribution in [1.29, 1.82) is 0 Å². The molecule has 0 unspecified atom stereocenters. The normalized spacial score (nSPS) is 10.6. The molecular formula is C22H20ClNO3. The number of carbonyl (C=O) groups excluding carboxylic acids is 2. The van der Waals surface area contributed by atoms with Gasteiger partial charge in [0.15, 0.2) is 6.61 Å². The molecule has 138 valence electrons. The number of likely N-dealkylation sites (N-methyl/N-ethyl adjacent to an activating group) is 1. The molecule has 27 heavy (non-hydrogen) atoms. The van der Waals surface area contributed by atoms with Crippen molar-refractivity contribution >= 4 is 34.2 Å². The summed E-state index contributed by atoms with van der Waals surface area (Å²) >= 11 is 5.86. The van der Waals surface area contributed by atoms with Gasteiger partial charge in [-0.05, 0) is 34.0 Å². The van der Waals surface area contributed by atoms with Crippen molar-refractivity contribution in [1.82, 2.24) is 4.90 Å². The van der Waals surface area contributed by atoms with Crippen molar-refractivity contribution in [3.05, 3.63) is 82.9 Å². The summed E-state index contributed by atoms with van der Waals surface area (Å²) in [7, 11) is 1.68. The summed E-state index contributed by atoms with van der Waals surface area (Å²) in [6, 6.07) is 21.0. The Morgan fingerprint density at radius 1 is 0.963 bits per heavy atom. The Morgan fingerprint density at radius 3 is 2.44 bits per heavy atom. The van der Waals surface area contributed by atoms with E-state index in [-0.39, 0.29) is 18.9 Å². The first-order chi connectivity index (χ1) is 13.0. The van der Waals surface area contributed by atoms with Gasteiger partial charge in [0.2, 0.25) is 0 Å². The molecule has 0 fully saturated rings. The number of nitrogens with zero attached hydrogens (tertiary/aromatic N) is 1. The predicted molar refractivity (Wildman–Crippen MR) is 107 cm³/mol. The van der Waals surface area contributed by atoms with Crippen LogP contribution in [0.3, 0.4) is 0 Å². The van der Waals surface area contributed by atoms with Gasteiger partial charge >= 0.3 is 5.97 Å². The van der Waals surface area contributed by atoms with Crippen LogP contribution >= 0.6 is 11.6 Å². The summed E-state index contributed by atoms with van der Waals surface area (Å²) in [4.78, 5) is 25.9. The van der Waals surface area contributed by atoms with Crippen LogP contribution in [-0.2, 0) is 27.3 Å². The summed E-state index contributed by atoms with van der Waals surface area (Å²) < 4.78 is 5.18. The summed E-state index contributed by atoms with van der Waals surface area (Å²) in [5, 5.41) is 2.74. The molecule has 0 aliphatic rings. The van der Waals surface area contributed by atoms with Gasteiger partial charge in [0.25, 0.3) is 5.91 Å². The van der Waals surface area contributed by atoms with Crippen LogP contribution in [0.2, 0.25) is 5.02 Å². The Morgan fingerprint density at radius 2 is 1.67 bits per heavy atom. The fraction of sp³-hybridized carbons (Fsp3) is 0.182.